The molecule has 0 spiro atoms. The van der Waals surface area contributed by atoms with E-state index in [2.05, 4.69) is 17.3 Å². The zero-order chi connectivity index (χ0) is 13.7. The summed E-state index contributed by atoms with van der Waals surface area (Å²) in [6.07, 6.45) is 2.60. The molecule has 4 nitrogen and oxygen atoms in total. The summed E-state index contributed by atoms with van der Waals surface area (Å²) >= 11 is 0. The zero-order valence-electron chi connectivity index (χ0n) is 12.0. The van der Waals surface area contributed by atoms with Gasteiger partial charge in [-0.05, 0) is 45.3 Å². The molecule has 1 saturated heterocycles. The number of nitrogens with zero attached hydrogens (tertiary/aromatic N) is 1. The highest BCUT2D eigenvalue weighted by molar-refractivity contribution is 5.59. The normalized spacial score (nSPS) is 20.2. The highest BCUT2D eigenvalue weighted by Crippen LogP contribution is 2.23. The Morgan fingerprint density at radius 2 is 2.26 bits per heavy atom. The maximum atomic E-state index is 5.89. The lowest BCUT2D eigenvalue weighted by atomic mass is 9.98. The topological polar surface area (TPSA) is 50.5 Å². The van der Waals surface area contributed by atoms with Crippen molar-refractivity contribution in [3.8, 4) is 5.75 Å². The van der Waals surface area contributed by atoms with Gasteiger partial charge in [0.1, 0.15) is 5.75 Å². The maximum absolute atomic E-state index is 5.89. The van der Waals surface area contributed by atoms with E-state index in [1.165, 1.54) is 25.9 Å². The van der Waals surface area contributed by atoms with Crippen LogP contribution < -0.4 is 15.8 Å². The molecule has 1 aromatic carbocycles. The van der Waals surface area contributed by atoms with E-state index in [1.54, 1.807) is 0 Å². The van der Waals surface area contributed by atoms with Gasteiger partial charge in [-0.25, -0.2) is 0 Å². The highest BCUT2D eigenvalue weighted by atomic mass is 16.5. The fraction of sp³-hybridized carbons (Fsp3) is 0.600. The minimum absolute atomic E-state index is 0.663. The standard InChI is InChI=1S/C15H25N3O/c1-3-19-15-8-13(16)7-14(9-15)17-10-12-5-4-6-18(2)11-12/h7-9,12,17H,3-6,10-11,16H2,1-2H3. The number of nitrogens with two attached hydrogens (primary N) is 1. The molecule has 106 valence electrons. The van der Waals surface area contributed by atoms with Crippen LogP contribution in [0.1, 0.15) is 19.8 Å². The number of hydrogen-bond acceptors (Lipinski definition) is 4. The third-order valence-electron chi connectivity index (χ3n) is 3.56. The smallest absolute Gasteiger partial charge is 0.123 e. The first kappa shape index (κ1) is 14.0. The summed E-state index contributed by atoms with van der Waals surface area (Å²) in [6.45, 7) is 6.04. The third kappa shape index (κ3) is 4.31. The number of nitrogens with one attached hydrogen (secondary N) is 1. The van der Waals surface area contributed by atoms with Gasteiger partial charge in [0.2, 0.25) is 0 Å². The lowest BCUT2D eigenvalue weighted by molar-refractivity contribution is 0.217. The molecule has 0 saturated carbocycles. The summed E-state index contributed by atoms with van der Waals surface area (Å²) in [4.78, 5) is 2.40. The Morgan fingerprint density at radius 3 is 3.00 bits per heavy atom. The van der Waals surface area contributed by atoms with Crippen molar-refractivity contribution in [1.82, 2.24) is 4.90 Å². The molecule has 0 aliphatic carbocycles. The molecule has 1 atom stereocenters. The summed E-state index contributed by atoms with van der Waals surface area (Å²) in [5.41, 5.74) is 7.69. The van der Waals surface area contributed by atoms with Gasteiger partial charge < -0.3 is 20.7 Å². The van der Waals surface area contributed by atoms with Crippen LogP contribution in [0.2, 0.25) is 0 Å². The largest absolute Gasteiger partial charge is 0.494 e. The van der Waals surface area contributed by atoms with Gasteiger partial charge in [0.05, 0.1) is 6.61 Å². The summed E-state index contributed by atoms with van der Waals surface area (Å²) in [6, 6.07) is 5.85. The minimum Gasteiger partial charge on any atom is -0.494 e. The Balaban J connectivity index is 1.91. The molecule has 4 heteroatoms. The second-order valence-electron chi connectivity index (χ2n) is 5.38. The van der Waals surface area contributed by atoms with Crippen LogP contribution in [-0.2, 0) is 0 Å². The molecule has 0 amide bonds. The second-order valence-corrected chi connectivity index (χ2v) is 5.38. The number of nitrogen functional groups attached to an aromatic ring is 1. The number of likely N-dealkylation sites (tertiary alicyclic amines) is 1. The lowest BCUT2D eigenvalue weighted by Crippen LogP contribution is -2.35. The first-order chi connectivity index (χ1) is 9.17. The van der Waals surface area contributed by atoms with Crippen LogP contribution >= 0.6 is 0 Å². The highest BCUT2D eigenvalue weighted by Gasteiger charge is 2.16. The average Bonchev–Trinajstić information content (AvgIpc) is 2.36. The first-order valence-electron chi connectivity index (χ1n) is 7.13. The predicted octanol–water partition coefficient (Wildman–Crippen LogP) is 2.42. The molecule has 1 fully saturated rings. The molecule has 1 heterocycles. The average molecular weight is 263 g/mol. The van der Waals surface area contributed by atoms with Crippen molar-refractivity contribution in [2.45, 2.75) is 19.8 Å². The molecule has 0 aromatic heterocycles. The van der Waals surface area contributed by atoms with Crippen molar-refractivity contribution in [3.63, 3.8) is 0 Å². The van der Waals surface area contributed by atoms with Crippen molar-refractivity contribution in [3.05, 3.63) is 18.2 Å². The minimum atomic E-state index is 0.663. The molecule has 19 heavy (non-hydrogen) atoms. The van der Waals surface area contributed by atoms with Gasteiger partial charge in [-0.3, -0.25) is 0 Å². The van der Waals surface area contributed by atoms with Crippen molar-refractivity contribution in [1.29, 1.82) is 0 Å². The van der Waals surface area contributed by atoms with Gasteiger partial charge in [0.15, 0.2) is 0 Å². The fourth-order valence-corrected chi connectivity index (χ4v) is 2.68. The first-order valence-corrected chi connectivity index (χ1v) is 7.13. The van der Waals surface area contributed by atoms with Gasteiger partial charge in [0.25, 0.3) is 0 Å². The molecule has 1 aliphatic rings. The van der Waals surface area contributed by atoms with E-state index in [4.69, 9.17) is 10.5 Å². The molecule has 2 rings (SSSR count). The molecule has 0 radical (unpaired) electrons. The Labute approximate surface area is 115 Å². The third-order valence-corrected chi connectivity index (χ3v) is 3.56. The fourth-order valence-electron chi connectivity index (χ4n) is 2.68. The summed E-state index contributed by atoms with van der Waals surface area (Å²) in [5, 5.41) is 3.49. The van der Waals surface area contributed by atoms with E-state index in [1.807, 2.05) is 25.1 Å². The van der Waals surface area contributed by atoms with Crippen molar-refractivity contribution in [2.75, 3.05) is 44.3 Å². The molecule has 3 N–H and O–H groups in total. The van der Waals surface area contributed by atoms with Gasteiger partial charge in [-0.2, -0.15) is 0 Å². The second kappa shape index (κ2) is 6.66. The van der Waals surface area contributed by atoms with E-state index in [0.717, 1.165) is 29.6 Å². The number of piperidine rings is 1. The number of benzene rings is 1. The van der Waals surface area contributed by atoms with Crippen molar-refractivity contribution in [2.24, 2.45) is 5.92 Å². The zero-order valence-corrected chi connectivity index (χ0v) is 12.0. The van der Waals surface area contributed by atoms with Gasteiger partial charge in [-0.15, -0.1) is 0 Å². The van der Waals surface area contributed by atoms with E-state index >= 15 is 0 Å². The maximum Gasteiger partial charge on any atom is 0.123 e. The molecule has 0 bridgehead atoms. The lowest BCUT2D eigenvalue weighted by Gasteiger charge is -2.30. The van der Waals surface area contributed by atoms with Crippen molar-refractivity contribution >= 4 is 11.4 Å². The van der Waals surface area contributed by atoms with Gasteiger partial charge in [0, 0.05) is 36.6 Å². The van der Waals surface area contributed by atoms with Crippen LogP contribution in [0.25, 0.3) is 0 Å². The molecule has 1 unspecified atom stereocenters. The Morgan fingerprint density at radius 1 is 1.42 bits per heavy atom. The van der Waals surface area contributed by atoms with Crippen LogP contribution in [0.15, 0.2) is 18.2 Å². The molecular formula is C15H25N3O. The van der Waals surface area contributed by atoms with Gasteiger partial charge >= 0.3 is 0 Å². The van der Waals surface area contributed by atoms with E-state index in [-0.39, 0.29) is 0 Å². The van der Waals surface area contributed by atoms with Crippen LogP contribution in [0.3, 0.4) is 0 Å². The number of rotatable bonds is 5. The number of hydrogen-bond donors (Lipinski definition) is 2. The molecular weight excluding hydrogens is 238 g/mol. The van der Waals surface area contributed by atoms with Gasteiger partial charge in [-0.1, -0.05) is 0 Å². The van der Waals surface area contributed by atoms with Crippen molar-refractivity contribution < 1.29 is 4.74 Å². The summed E-state index contributed by atoms with van der Waals surface area (Å²) in [7, 11) is 2.19. The summed E-state index contributed by atoms with van der Waals surface area (Å²) in [5.74, 6) is 1.56. The van der Waals surface area contributed by atoms with Crippen LogP contribution in [0, 0.1) is 5.92 Å². The Bertz CT molecular complexity index is 408. The number of ether oxygens (including phenoxy) is 1. The van der Waals surface area contributed by atoms with E-state index in [9.17, 15) is 0 Å². The van der Waals surface area contributed by atoms with Crippen LogP contribution in [0.4, 0.5) is 11.4 Å². The Kier molecular flexibility index (Phi) is 4.91. The Hall–Kier alpha value is -1.42. The van der Waals surface area contributed by atoms with Crippen LogP contribution in [-0.4, -0.2) is 38.2 Å². The quantitative estimate of drug-likeness (QED) is 0.801. The SMILES string of the molecule is CCOc1cc(N)cc(NCC2CCCN(C)C2)c1. The number of anilines is 2. The van der Waals surface area contributed by atoms with E-state index in [0.29, 0.717) is 6.61 Å². The molecule has 1 aliphatic heterocycles. The monoisotopic (exact) mass is 263 g/mol. The predicted molar refractivity (Wildman–Crippen MR) is 80.7 cm³/mol. The van der Waals surface area contributed by atoms with E-state index < -0.39 is 0 Å². The van der Waals surface area contributed by atoms with Crippen LogP contribution in [0.5, 0.6) is 5.75 Å². The molecule has 1 aromatic rings. The summed E-state index contributed by atoms with van der Waals surface area (Å²) < 4.78 is 5.51.